The summed E-state index contributed by atoms with van der Waals surface area (Å²) in [6.07, 6.45) is 0.271. The van der Waals surface area contributed by atoms with Crippen LogP contribution >= 0.6 is 0 Å². The molecule has 132 valence electrons. The standard InChI is InChI=1S/C15H19FN2O5S/c1-5-8-17-14(19)10(2)23-15(20)12-9-11(6-7-13(12)16)24(21,22)18(3)4/h5-7,9-10H,1,8H2,2-4H3,(H,17,19)/t10-/m1/s1. The van der Waals surface area contributed by atoms with Crippen LogP contribution in [0.4, 0.5) is 4.39 Å². The number of esters is 1. The summed E-state index contributed by atoms with van der Waals surface area (Å²) in [4.78, 5) is 23.4. The molecule has 0 aliphatic heterocycles. The molecule has 1 amide bonds. The molecule has 24 heavy (non-hydrogen) atoms. The van der Waals surface area contributed by atoms with Crippen molar-refractivity contribution in [2.24, 2.45) is 0 Å². The quantitative estimate of drug-likeness (QED) is 0.578. The summed E-state index contributed by atoms with van der Waals surface area (Å²) in [5.41, 5.74) is -0.568. The molecule has 0 unspecified atom stereocenters. The lowest BCUT2D eigenvalue weighted by molar-refractivity contribution is -0.128. The third-order valence-corrected chi connectivity index (χ3v) is 4.82. The van der Waals surface area contributed by atoms with E-state index in [1.165, 1.54) is 27.1 Å². The Labute approximate surface area is 140 Å². The summed E-state index contributed by atoms with van der Waals surface area (Å²) >= 11 is 0. The molecule has 0 heterocycles. The topological polar surface area (TPSA) is 92.8 Å². The zero-order valence-electron chi connectivity index (χ0n) is 13.6. The molecular formula is C15H19FN2O5S. The summed E-state index contributed by atoms with van der Waals surface area (Å²) in [6.45, 7) is 4.93. The first-order valence-corrected chi connectivity index (χ1v) is 8.37. The fourth-order valence-electron chi connectivity index (χ4n) is 1.63. The average Bonchev–Trinajstić information content (AvgIpc) is 2.52. The molecule has 0 spiro atoms. The van der Waals surface area contributed by atoms with Crippen LogP contribution in [0, 0.1) is 5.82 Å². The first-order chi connectivity index (χ1) is 11.1. The minimum absolute atomic E-state index is 0.186. The number of nitrogens with one attached hydrogen (secondary N) is 1. The highest BCUT2D eigenvalue weighted by molar-refractivity contribution is 7.89. The molecule has 0 aliphatic carbocycles. The smallest absolute Gasteiger partial charge is 0.341 e. The van der Waals surface area contributed by atoms with E-state index >= 15 is 0 Å². The van der Waals surface area contributed by atoms with Gasteiger partial charge in [-0.15, -0.1) is 6.58 Å². The van der Waals surface area contributed by atoms with Crippen LogP contribution in [0.5, 0.6) is 0 Å². The van der Waals surface area contributed by atoms with Crippen LogP contribution in [0.1, 0.15) is 17.3 Å². The number of carbonyl (C=O) groups is 2. The zero-order valence-corrected chi connectivity index (χ0v) is 14.4. The summed E-state index contributed by atoms with van der Waals surface area (Å²) in [5.74, 6) is -2.67. The molecular weight excluding hydrogens is 339 g/mol. The molecule has 1 N–H and O–H groups in total. The van der Waals surface area contributed by atoms with Gasteiger partial charge >= 0.3 is 5.97 Å². The fraction of sp³-hybridized carbons (Fsp3) is 0.333. The van der Waals surface area contributed by atoms with Gasteiger partial charge in [-0.25, -0.2) is 21.9 Å². The number of hydrogen-bond acceptors (Lipinski definition) is 5. The number of ether oxygens (including phenoxy) is 1. The van der Waals surface area contributed by atoms with E-state index in [1.807, 2.05) is 0 Å². The van der Waals surface area contributed by atoms with Gasteiger partial charge in [-0.1, -0.05) is 6.08 Å². The Bertz CT molecular complexity index is 746. The Morgan fingerprint density at radius 1 is 1.42 bits per heavy atom. The first kappa shape index (κ1) is 19.8. The van der Waals surface area contributed by atoms with Gasteiger partial charge in [-0.2, -0.15) is 0 Å². The van der Waals surface area contributed by atoms with Gasteiger partial charge in [0.05, 0.1) is 10.5 Å². The van der Waals surface area contributed by atoms with E-state index in [1.54, 1.807) is 0 Å². The monoisotopic (exact) mass is 358 g/mol. The lowest BCUT2D eigenvalue weighted by Crippen LogP contribution is -2.36. The fourth-order valence-corrected chi connectivity index (χ4v) is 2.55. The maximum Gasteiger partial charge on any atom is 0.341 e. The van der Waals surface area contributed by atoms with Crippen LogP contribution < -0.4 is 5.32 Å². The second-order valence-corrected chi connectivity index (χ2v) is 7.16. The Balaban J connectivity index is 3.03. The van der Waals surface area contributed by atoms with Crippen LogP contribution in [-0.4, -0.2) is 51.3 Å². The van der Waals surface area contributed by atoms with E-state index in [0.717, 1.165) is 22.5 Å². The predicted molar refractivity (Wildman–Crippen MR) is 85.4 cm³/mol. The highest BCUT2D eigenvalue weighted by Crippen LogP contribution is 2.19. The van der Waals surface area contributed by atoms with E-state index in [-0.39, 0.29) is 11.4 Å². The van der Waals surface area contributed by atoms with Crippen molar-refractivity contribution in [1.29, 1.82) is 0 Å². The molecule has 0 saturated carbocycles. The van der Waals surface area contributed by atoms with Gasteiger partial charge in [0, 0.05) is 20.6 Å². The second kappa shape index (κ2) is 8.02. The van der Waals surface area contributed by atoms with Crippen molar-refractivity contribution in [2.75, 3.05) is 20.6 Å². The van der Waals surface area contributed by atoms with E-state index in [2.05, 4.69) is 11.9 Å². The highest BCUT2D eigenvalue weighted by atomic mass is 32.2. The van der Waals surface area contributed by atoms with Crippen molar-refractivity contribution in [3.05, 3.63) is 42.2 Å². The molecule has 7 nitrogen and oxygen atoms in total. The number of carbonyl (C=O) groups excluding carboxylic acids is 2. The van der Waals surface area contributed by atoms with Gasteiger partial charge in [0.1, 0.15) is 5.82 Å². The number of nitrogens with zero attached hydrogens (tertiary/aromatic N) is 1. The van der Waals surface area contributed by atoms with Crippen molar-refractivity contribution in [3.8, 4) is 0 Å². The average molecular weight is 358 g/mol. The molecule has 1 aromatic carbocycles. The van der Waals surface area contributed by atoms with E-state index < -0.39 is 39.4 Å². The van der Waals surface area contributed by atoms with Crippen molar-refractivity contribution in [3.63, 3.8) is 0 Å². The number of amides is 1. The maximum atomic E-state index is 13.8. The summed E-state index contributed by atoms with van der Waals surface area (Å²) in [5, 5.41) is 2.42. The van der Waals surface area contributed by atoms with Crippen molar-refractivity contribution in [1.82, 2.24) is 9.62 Å². The number of hydrogen-bond donors (Lipinski definition) is 1. The number of rotatable bonds is 7. The molecule has 0 fully saturated rings. The van der Waals surface area contributed by atoms with Crippen molar-refractivity contribution < 1.29 is 27.1 Å². The van der Waals surface area contributed by atoms with Crippen LogP contribution in [0.3, 0.4) is 0 Å². The minimum atomic E-state index is -3.84. The van der Waals surface area contributed by atoms with E-state index in [4.69, 9.17) is 4.74 Å². The Hall–Kier alpha value is -2.26. The van der Waals surface area contributed by atoms with E-state index in [9.17, 15) is 22.4 Å². The van der Waals surface area contributed by atoms with Gasteiger partial charge < -0.3 is 10.1 Å². The second-order valence-electron chi connectivity index (χ2n) is 5.01. The number of halogens is 1. The van der Waals surface area contributed by atoms with Crippen LogP contribution in [-0.2, 0) is 19.6 Å². The first-order valence-electron chi connectivity index (χ1n) is 6.93. The molecule has 0 radical (unpaired) electrons. The largest absolute Gasteiger partial charge is 0.449 e. The van der Waals surface area contributed by atoms with E-state index in [0.29, 0.717) is 0 Å². The lowest BCUT2D eigenvalue weighted by Gasteiger charge is -2.15. The molecule has 9 heteroatoms. The minimum Gasteiger partial charge on any atom is -0.449 e. The van der Waals surface area contributed by atoms with Gasteiger partial charge in [0.2, 0.25) is 10.0 Å². The SMILES string of the molecule is C=CCNC(=O)[C@@H](C)OC(=O)c1cc(S(=O)(=O)N(C)C)ccc1F. The summed E-state index contributed by atoms with van der Waals surface area (Å²) < 4.78 is 43.7. The lowest BCUT2D eigenvalue weighted by atomic mass is 10.2. The normalized spacial score (nSPS) is 12.5. The molecule has 0 saturated heterocycles. The molecule has 0 bridgehead atoms. The third-order valence-electron chi connectivity index (χ3n) is 3.01. The molecule has 1 atom stereocenters. The maximum absolute atomic E-state index is 13.8. The van der Waals surface area contributed by atoms with Crippen molar-refractivity contribution in [2.45, 2.75) is 17.9 Å². The highest BCUT2D eigenvalue weighted by Gasteiger charge is 2.24. The van der Waals surface area contributed by atoms with Gasteiger partial charge in [-0.3, -0.25) is 4.79 Å². The van der Waals surface area contributed by atoms with Crippen LogP contribution in [0.2, 0.25) is 0 Å². The zero-order chi connectivity index (χ0) is 18.5. The Morgan fingerprint density at radius 3 is 2.58 bits per heavy atom. The predicted octanol–water partition coefficient (Wildman–Crippen LogP) is 0.924. The molecule has 1 aromatic rings. The number of sulfonamides is 1. The van der Waals surface area contributed by atoms with Crippen LogP contribution in [0.25, 0.3) is 0 Å². The number of benzene rings is 1. The molecule has 0 aromatic heterocycles. The third kappa shape index (κ3) is 4.62. The van der Waals surface area contributed by atoms with Gasteiger partial charge in [0.25, 0.3) is 5.91 Å². The summed E-state index contributed by atoms with van der Waals surface area (Å²) in [6, 6.07) is 2.78. The summed E-state index contributed by atoms with van der Waals surface area (Å²) in [7, 11) is -1.22. The Morgan fingerprint density at radius 2 is 2.04 bits per heavy atom. The van der Waals surface area contributed by atoms with Crippen molar-refractivity contribution >= 4 is 21.9 Å². The van der Waals surface area contributed by atoms with Crippen LogP contribution in [0.15, 0.2) is 35.7 Å². The van der Waals surface area contributed by atoms with Gasteiger partial charge in [0.15, 0.2) is 6.10 Å². The van der Waals surface area contributed by atoms with Gasteiger partial charge in [-0.05, 0) is 25.1 Å². The molecule has 1 rings (SSSR count). The Kier molecular flexibility index (Phi) is 6.61. The molecule has 0 aliphatic rings.